The fraction of sp³-hybridized carbons (Fsp3) is 0.167. The van der Waals surface area contributed by atoms with Crippen molar-refractivity contribution in [2.75, 3.05) is 0 Å². The Kier molecular flexibility index (Phi) is 3.83. The Labute approximate surface area is 79.6 Å². The van der Waals surface area contributed by atoms with Gasteiger partial charge in [0.15, 0.2) is 0 Å². The Morgan fingerprint density at radius 1 is 1.15 bits per heavy atom. The molecule has 1 aliphatic rings. The molecule has 2 N–H and O–H groups in total. The van der Waals surface area contributed by atoms with Gasteiger partial charge in [-0.3, -0.25) is 0 Å². The van der Waals surface area contributed by atoms with E-state index in [2.05, 4.69) is 19.1 Å². The van der Waals surface area contributed by atoms with Gasteiger partial charge in [0.2, 0.25) is 0 Å². The van der Waals surface area contributed by atoms with Gasteiger partial charge in [-0.1, -0.05) is 48.0 Å². The van der Waals surface area contributed by atoms with Crippen LogP contribution in [0.4, 0.5) is 0 Å². The first-order chi connectivity index (χ1) is 6.29. The summed E-state index contributed by atoms with van der Waals surface area (Å²) < 4.78 is 0. The summed E-state index contributed by atoms with van der Waals surface area (Å²) >= 11 is 0. The SMILES string of the molecule is Cc1ccccc1.NC1=CC=CC1. The molecule has 68 valence electrons. The summed E-state index contributed by atoms with van der Waals surface area (Å²) in [5, 5.41) is 0. The Balaban J connectivity index is 0.000000132. The monoisotopic (exact) mass is 173 g/mol. The molecule has 0 radical (unpaired) electrons. The molecule has 0 fully saturated rings. The van der Waals surface area contributed by atoms with E-state index in [0.29, 0.717) is 0 Å². The van der Waals surface area contributed by atoms with Gasteiger partial charge in [-0.05, 0) is 13.0 Å². The summed E-state index contributed by atoms with van der Waals surface area (Å²) in [5.41, 5.74) is 7.62. The van der Waals surface area contributed by atoms with E-state index in [1.807, 2.05) is 36.4 Å². The molecule has 0 aliphatic heterocycles. The summed E-state index contributed by atoms with van der Waals surface area (Å²) in [5.74, 6) is 0. The molecular weight excluding hydrogens is 158 g/mol. The Morgan fingerprint density at radius 3 is 2.08 bits per heavy atom. The average Bonchev–Trinajstić information content (AvgIpc) is 2.58. The van der Waals surface area contributed by atoms with Crippen LogP contribution in [0.3, 0.4) is 0 Å². The summed E-state index contributed by atoms with van der Waals surface area (Å²) in [4.78, 5) is 0. The van der Waals surface area contributed by atoms with Gasteiger partial charge in [-0.2, -0.15) is 0 Å². The van der Waals surface area contributed by atoms with Gasteiger partial charge in [0, 0.05) is 12.1 Å². The number of rotatable bonds is 0. The van der Waals surface area contributed by atoms with Crippen molar-refractivity contribution in [2.45, 2.75) is 13.3 Å². The minimum Gasteiger partial charge on any atom is -0.402 e. The number of aryl methyl sites for hydroxylation is 1. The van der Waals surface area contributed by atoms with E-state index in [0.717, 1.165) is 12.1 Å². The zero-order valence-electron chi connectivity index (χ0n) is 7.90. The van der Waals surface area contributed by atoms with Crippen LogP contribution in [-0.2, 0) is 0 Å². The topological polar surface area (TPSA) is 26.0 Å². The maximum Gasteiger partial charge on any atom is 0.0119 e. The van der Waals surface area contributed by atoms with Gasteiger partial charge < -0.3 is 5.73 Å². The van der Waals surface area contributed by atoms with Crippen molar-refractivity contribution in [3.05, 3.63) is 59.8 Å². The largest absolute Gasteiger partial charge is 0.402 e. The zero-order chi connectivity index (χ0) is 9.52. The van der Waals surface area contributed by atoms with Gasteiger partial charge in [0.1, 0.15) is 0 Å². The van der Waals surface area contributed by atoms with Crippen LogP contribution < -0.4 is 5.73 Å². The summed E-state index contributed by atoms with van der Waals surface area (Å²) in [7, 11) is 0. The number of nitrogens with two attached hydrogens (primary N) is 1. The van der Waals surface area contributed by atoms with E-state index in [4.69, 9.17) is 5.73 Å². The molecule has 1 aromatic rings. The van der Waals surface area contributed by atoms with Gasteiger partial charge in [0.05, 0.1) is 0 Å². The van der Waals surface area contributed by atoms with Crippen LogP contribution in [0.1, 0.15) is 12.0 Å². The molecule has 1 aliphatic carbocycles. The van der Waals surface area contributed by atoms with E-state index < -0.39 is 0 Å². The van der Waals surface area contributed by atoms with Crippen LogP contribution in [0, 0.1) is 6.92 Å². The van der Waals surface area contributed by atoms with Crippen molar-refractivity contribution in [2.24, 2.45) is 5.73 Å². The Morgan fingerprint density at radius 2 is 1.85 bits per heavy atom. The molecule has 0 bridgehead atoms. The highest BCUT2D eigenvalue weighted by Crippen LogP contribution is 2.01. The van der Waals surface area contributed by atoms with Crippen LogP contribution in [-0.4, -0.2) is 0 Å². The Bertz CT molecular complexity index is 296. The minimum atomic E-state index is 0.944. The lowest BCUT2D eigenvalue weighted by atomic mass is 10.2. The molecule has 0 amide bonds. The quantitative estimate of drug-likeness (QED) is 0.641. The second-order valence-corrected chi connectivity index (χ2v) is 3.03. The molecule has 1 nitrogen and oxygen atoms in total. The number of benzene rings is 1. The maximum absolute atomic E-state index is 5.33. The lowest BCUT2D eigenvalue weighted by Crippen LogP contribution is -1.89. The molecule has 0 heterocycles. The molecule has 0 spiro atoms. The van der Waals surface area contributed by atoms with Crippen LogP contribution in [0.25, 0.3) is 0 Å². The van der Waals surface area contributed by atoms with Gasteiger partial charge in [-0.25, -0.2) is 0 Å². The molecule has 0 aromatic heterocycles. The fourth-order valence-electron chi connectivity index (χ4n) is 0.998. The first kappa shape index (κ1) is 9.59. The van der Waals surface area contributed by atoms with Crippen molar-refractivity contribution in [3.63, 3.8) is 0 Å². The fourth-order valence-corrected chi connectivity index (χ4v) is 0.998. The van der Waals surface area contributed by atoms with E-state index in [-0.39, 0.29) is 0 Å². The highest BCUT2D eigenvalue weighted by atomic mass is 14.6. The van der Waals surface area contributed by atoms with Crippen molar-refractivity contribution >= 4 is 0 Å². The van der Waals surface area contributed by atoms with E-state index in [9.17, 15) is 0 Å². The molecule has 0 unspecified atom stereocenters. The molecule has 0 atom stereocenters. The second kappa shape index (κ2) is 5.20. The van der Waals surface area contributed by atoms with E-state index >= 15 is 0 Å². The highest BCUT2D eigenvalue weighted by Gasteiger charge is 1.86. The molecule has 13 heavy (non-hydrogen) atoms. The van der Waals surface area contributed by atoms with Gasteiger partial charge >= 0.3 is 0 Å². The van der Waals surface area contributed by atoms with Crippen molar-refractivity contribution < 1.29 is 0 Å². The minimum absolute atomic E-state index is 0.944. The standard InChI is InChI=1S/C7H8.C5H7N/c1-7-5-3-2-4-6-7;6-5-3-1-2-4-5/h2-6H,1H3;1-3H,4,6H2. The molecule has 1 heteroatoms. The van der Waals surface area contributed by atoms with Crippen LogP contribution in [0.2, 0.25) is 0 Å². The number of hydrogen-bond acceptors (Lipinski definition) is 1. The van der Waals surface area contributed by atoms with Crippen LogP contribution >= 0.6 is 0 Å². The molecule has 1 aromatic carbocycles. The summed E-state index contributed by atoms with van der Waals surface area (Å²) in [6, 6.07) is 10.3. The first-order valence-corrected chi connectivity index (χ1v) is 4.42. The predicted octanol–water partition coefficient (Wildman–Crippen LogP) is 2.78. The average molecular weight is 173 g/mol. The lowest BCUT2D eigenvalue weighted by molar-refractivity contribution is 1.20. The highest BCUT2D eigenvalue weighted by molar-refractivity contribution is 5.19. The van der Waals surface area contributed by atoms with Crippen molar-refractivity contribution in [1.29, 1.82) is 0 Å². The lowest BCUT2D eigenvalue weighted by Gasteiger charge is -1.82. The maximum atomic E-state index is 5.33. The first-order valence-electron chi connectivity index (χ1n) is 4.42. The second-order valence-electron chi connectivity index (χ2n) is 3.03. The number of hydrogen-bond donors (Lipinski definition) is 1. The molecule has 0 saturated heterocycles. The Hall–Kier alpha value is -1.50. The normalized spacial score (nSPS) is 13.2. The van der Waals surface area contributed by atoms with E-state index in [1.54, 1.807) is 0 Å². The molecule has 2 rings (SSSR count). The zero-order valence-corrected chi connectivity index (χ0v) is 7.90. The van der Waals surface area contributed by atoms with Crippen LogP contribution in [0.5, 0.6) is 0 Å². The number of allylic oxidation sites excluding steroid dienone is 3. The van der Waals surface area contributed by atoms with Crippen molar-refractivity contribution in [3.8, 4) is 0 Å². The van der Waals surface area contributed by atoms with Gasteiger partial charge in [-0.15, -0.1) is 0 Å². The molecular formula is C12H15N. The predicted molar refractivity (Wildman–Crippen MR) is 57.2 cm³/mol. The van der Waals surface area contributed by atoms with Gasteiger partial charge in [0.25, 0.3) is 0 Å². The third-order valence-corrected chi connectivity index (χ3v) is 1.74. The van der Waals surface area contributed by atoms with Crippen molar-refractivity contribution in [1.82, 2.24) is 0 Å². The van der Waals surface area contributed by atoms with Crippen LogP contribution in [0.15, 0.2) is 54.3 Å². The molecule has 0 saturated carbocycles. The van der Waals surface area contributed by atoms with E-state index in [1.165, 1.54) is 5.56 Å². The summed E-state index contributed by atoms with van der Waals surface area (Å²) in [6.45, 7) is 2.08. The smallest absolute Gasteiger partial charge is 0.0119 e. The third-order valence-electron chi connectivity index (χ3n) is 1.74. The summed E-state index contributed by atoms with van der Waals surface area (Å²) in [6.07, 6.45) is 6.87. The third kappa shape index (κ3) is 4.16.